The van der Waals surface area contributed by atoms with Crippen LogP contribution in [0.3, 0.4) is 0 Å². The Kier molecular flexibility index (Phi) is 2.93. The number of hydrogen-bond donors (Lipinski definition) is 0. The summed E-state index contributed by atoms with van der Waals surface area (Å²) in [5.74, 6) is 0. The zero-order valence-corrected chi connectivity index (χ0v) is 9.57. The number of rotatable bonds is 2. The Morgan fingerprint density at radius 1 is 1.38 bits per heavy atom. The highest BCUT2D eigenvalue weighted by Gasteiger charge is 2.04. The number of hydrogen-bond acceptors (Lipinski definition) is 2. The maximum Gasteiger partial charge on any atom is 0.0992 e. The van der Waals surface area contributed by atoms with Gasteiger partial charge in [0, 0.05) is 23.3 Å². The lowest BCUT2D eigenvalue weighted by Crippen LogP contribution is -1.91. The van der Waals surface area contributed by atoms with Crippen molar-refractivity contribution in [3.05, 3.63) is 41.2 Å². The van der Waals surface area contributed by atoms with Crippen LogP contribution in [0.15, 0.2) is 30.6 Å². The summed E-state index contributed by atoms with van der Waals surface area (Å²) in [7, 11) is 0. The van der Waals surface area contributed by atoms with E-state index >= 15 is 0 Å². The number of aromatic nitrogens is 2. The van der Waals surface area contributed by atoms with Gasteiger partial charge in [0.2, 0.25) is 0 Å². The minimum Gasteiger partial charge on any atom is -0.272 e. The summed E-state index contributed by atoms with van der Waals surface area (Å²) in [5, 5.41) is 13.6. The van der Waals surface area contributed by atoms with Gasteiger partial charge in [-0.15, -0.1) is 0 Å². The number of aryl methyl sites for hydroxylation is 1. The first-order chi connectivity index (χ1) is 7.72. The summed E-state index contributed by atoms with van der Waals surface area (Å²) < 4.78 is 1.84. The molecule has 0 aliphatic rings. The van der Waals surface area contributed by atoms with E-state index in [1.807, 2.05) is 29.9 Å². The summed E-state index contributed by atoms with van der Waals surface area (Å²) >= 11 is 5.94. The fourth-order valence-corrected chi connectivity index (χ4v) is 1.74. The van der Waals surface area contributed by atoms with Crippen LogP contribution in [-0.4, -0.2) is 9.78 Å². The predicted molar refractivity (Wildman–Crippen MR) is 63.1 cm³/mol. The molecule has 0 aliphatic heterocycles. The Labute approximate surface area is 98.9 Å². The normalized spacial score (nSPS) is 10.1. The zero-order chi connectivity index (χ0) is 11.5. The highest BCUT2D eigenvalue weighted by Crippen LogP contribution is 2.24. The van der Waals surface area contributed by atoms with E-state index in [9.17, 15) is 0 Å². The van der Waals surface area contributed by atoms with Gasteiger partial charge in [-0.2, -0.15) is 10.4 Å². The van der Waals surface area contributed by atoms with Gasteiger partial charge in [-0.25, -0.2) is 0 Å². The molecule has 0 saturated heterocycles. The highest BCUT2D eigenvalue weighted by atomic mass is 35.5. The number of halogens is 1. The Bertz CT molecular complexity index is 552. The van der Waals surface area contributed by atoms with Gasteiger partial charge < -0.3 is 0 Å². The summed E-state index contributed by atoms with van der Waals surface area (Å²) in [6.07, 6.45) is 3.71. The second kappa shape index (κ2) is 4.38. The van der Waals surface area contributed by atoms with E-state index in [-0.39, 0.29) is 0 Å². The third-order valence-electron chi connectivity index (χ3n) is 2.32. The van der Waals surface area contributed by atoms with E-state index in [1.165, 1.54) is 0 Å². The van der Waals surface area contributed by atoms with Crippen LogP contribution in [0, 0.1) is 11.3 Å². The van der Waals surface area contributed by atoms with Gasteiger partial charge in [-0.3, -0.25) is 4.68 Å². The van der Waals surface area contributed by atoms with Crippen molar-refractivity contribution in [3.8, 4) is 17.2 Å². The van der Waals surface area contributed by atoms with E-state index in [0.29, 0.717) is 10.6 Å². The fourth-order valence-electron chi connectivity index (χ4n) is 1.51. The van der Waals surface area contributed by atoms with Crippen LogP contribution in [0.5, 0.6) is 0 Å². The van der Waals surface area contributed by atoms with Crippen molar-refractivity contribution in [1.29, 1.82) is 5.26 Å². The van der Waals surface area contributed by atoms with Crippen LogP contribution >= 0.6 is 11.6 Å². The Balaban J connectivity index is 2.47. The van der Waals surface area contributed by atoms with Crippen molar-refractivity contribution in [2.75, 3.05) is 0 Å². The monoisotopic (exact) mass is 231 g/mol. The molecule has 4 heteroatoms. The molecule has 0 amide bonds. The topological polar surface area (TPSA) is 41.6 Å². The largest absolute Gasteiger partial charge is 0.272 e. The molecule has 0 atom stereocenters. The minimum atomic E-state index is 0.562. The molecule has 3 nitrogen and oxygen atoms in total. The third kappa shape index (κ3) is 2.07. The van der Waals surface area contributed by atoms with E-state index in [2.05, 4.69) is 11.2 Å². The molecule has 0 radical (unpaired) electrons. The van der Waals surface area contributed by atoms with Gasteiger partial charge >= 0.3 is 0 Å². The molecule has 0 bridgehead atoms. The summed E-state index contributed by atoms with van der Waals surface area (Å²) in [4.78, 5) is 0. The lowest BCUT2D eigenvalue weighted by Gasteiger charge is -1.99. The number of nitriles is 1. The second-order valence-corrected chi connectivity index (χ2v) is 3.86. The van der Waals surface area contributed by atoms with Crippen molar-refractivity contribution in [3.63, 3.8) is 0 Å². The van der Waals surface area contributed by atoms with E-state index < -0.39 is 0 Å². The lowest BCUT2D eigenvalue weighted by molar-refractivity contribution is 0.660. The van der Waals surface area contributed by atoms with Crippen molar-refractivity contribution in [2.45, 2.75) is 13.5 Å². The molecular weight excluding hydrogens is 222 g/mol. The van der Waals surface area contributed by atoms with Gasteiger partial charge in [-0.1, -0.05) is 11.6 Å². The quantitative estimate of drug-likeness (QED) is 0.797. The molecule has 0 spiro atoms. The first kappa shape index (κ1) is 10.7. The van der Waals surface area contributed by atoms with Crippen molar-refractivity contribution >= 4 is 11.6 Å². The van der Waals surface area contributed by atoms with Crippen molar-refractivity contribution in [1.82, 2.24) is 9.78 Å². The van der Waals surface area contributed by atoms with Crippen LogP contribution in [0.2, 0.25) is 5.02 Å². The Hall–Kier alpha value is -1.79. The highest BCUT2D eigenvalue weighted by molar-refractivity contribution is 6.31. The molecule has 1 aromatic heterocycles. The molecule has 0 unspecified atom stereocenters. The molecule has 16 heavy (non-hydrogen) atoms. The molecule has 0 saturated carbocycles. The van der Waals surface area contributed by atoms with Gasteiger partial charge in [0.25, 0.3) is 0 Å². The number of nitrogens with zero attached hydrogens (tertiary/aromatic N) is 3. The second-order valence-electron chi connectivity index (χ2n) is 3.43. The zero-order valence-electron chi connectivity index (χ0n) is 8.81. The standard InChI is InChI=1S/C12H10ClN3/c1-2-16-8-11(7-15-16)10-3-9(6-14)4-12(13)5-10/h3-5,7-8H,2H2,1H3. The maximum absolute atomic E-state index is 8.86. The van der Waals surface area contributed by atoms with Gasteiger partial charge in [0.1, 0.15) is 0 Å². The van der Waals surface area contributed by atoms with E-state index in [0.717, 1.165) is 17.7 Å². The van der Waals surface area contributed by atoms with Gasteiger partial charge in [0.05, 0.1) is 17.8 Å². The molecule has 1 aromatic carbocycles. The molecule has 2 aromatic rings. The SMILES string of the molecule is CCn1cc(-c2cc(Cl)cc(C#N)c2)cn1. The van der Waals surface area contributed by atoms with E-state index in [1.54, 1.807) is 12.3 Å². The summed E-state index contributed by atoms with van der Waals surface area (Å²) in [5.41, 5.74) is 2.45. The molecule has 80 valence electrons. The smallest absolute Gasteiger partial charge is 0.0992 e. The van der Waals surface area contributed by atoms with Gasteiger partial charge in [-0.05, 0) is 30.7 Å². The predicted octanol–water partition coefficient (Wildman–Crippen LogP) is 3.10. The first-order valence-corrected chi connectivity index (χ1v) is 5.34. The minimum absolute atomic E-state index is 0.562. The molecule has 1 heterocycles. The molecule has 0 N–H and O–H groups in total. The summed E-state index contributed by atoms with van der Waals surface area (Å²) in [6, 6.07) is 7.38. The maximum atomic E-state index is 8.86. The van der Waals surface area contributed by atoms with Crippen molar-refractivity contribution in [2.24, 2.45) is 0 Å². The third-order valence-corrected chi connectivity index (χ3v) is 2.54. The average molecular weight is 232 g/mol. The lowest BCUT2D eigenvalue weighted by atomic mass is 10.1. The van der Waals surface area contributed by atoms with Crippen LogP contribution in [-0.2, 0) is 6.54 Å². The van der Waals surface area contributed by atoms with Gasteiger partial charge in [0.15, 0.2) is 0 Å². The number of benzene rings is 1. The van der Waals surface area contributed by atoms with Crippen LogP contribution in [0.25, 0.3) is 11.1 Å². The first-order valence-electron chi connectivity index (χ1n) is 4.96. The average Bonchev–Trinajstić information content (AvgIpc) is 2.76. The van der Waals surface area contributed by atoms with Crippen LogP contribution in [0.4, 0.5) is 0 Å². The fraction of sp³-hybridized carbons (Fsp3) is 0.167. The van der Waals surface area contributed by atoms with E-state index in [4.69, 9.17) is 16.9 Å². The molecule has 0 aliphatic carbocycles. The molecular formula is C12H10ClN3. The summed E-state index contributed by atoms with van der Waals surface area (Å²) in [6.45, 7) is 2.85. The Morgan fingerprint density at radius 3 is 2.81 bits per heavy atom. The van der Waals surface area contributed by atoms with Crippen LogP contribution < -0.4 is 0 Å². The van der Waals surface area contributed by atoms with Crippen molar-refractivity contribution < 1.29 is 0 Å². The van der Waals surface area contributed by atoms with Crippen LogP contribution in [0.1, 0.15) is 12.5 Å². The molecule has 2 rings (SSSR count). The Morgan fingerprint density at radius 2 is 2.19 bits per heavy atom. The molecule has 0 fully saturated rings.